The smallest absolute Gasteiger partial charge is 0.322 e. The van der Waals surface area contributed by atoms with Crippen molar-refractivity contribution in [2.45, 2.75) is 45.4 Å². The van der Waals surface area contributed by atoms with Gasteiger partial charge in [-0.15, -0.1) is 0 Å². The topological polar surface area (TPSA) is 93.2 Å². The second-order valence-corrected chi connectivity index (χ2v) is 10.3. The summed E-state index contributed by atoms with van der Waals surface area (Å²) in [5.74, 6) is -1.42. The number of carbonyl (C=O) groups is 3. The van der Waals surface area contributed by atoms with Gasteiger partial charge in [0.1, 0.15) is 5.82 Å². The minimum Gasteiger partial charge on any atom is -0.390 e. The number of nitrogens with one attached hydrogen (secondary N) is 1. The first-order valence-electron chi connectivity index (χ1n) is 12.4. The Hall–Kier alpha value is -3.72. The monoisotopic (exact) mass is 508 g/mol. The molecule has 0 aromatic heterocycles. The fourth-order valence-corrected chi connectivity index (χ4v) is 4.43. The Morgan fingerprint density at radius 1 is 1.05 bits per heavy atom. The van der Waals surface area contributed by atoms with Crippen molar-refractivity contribution in [3.8, 4) is 0 Å². The molecule has 37 heavy (non-hydrogen) atoms. The highest BCUT2D eigenvalue weighted by molar-refractivity contribution is 6.34. The maximum absolute atomic E-state index is 13.5. The lowest BCUT2D eigenvalue weighted by Crippen LogP contribution is -2.46. The van der Waals surface area contributed by atoms with Gasteiger partial charge in [0.2, 0.25) is 0 Å². The number of carbonyl (C=O) groups excluding carboxylic acids is 3. The Morgan fingerprint density at radius 3 is 2.41 bits per heavy atom. The molecule has 0 unspecified atom stereocenters. The van der Waals surface area contributed by atoms with Crippen molar-refractivity contribution in [3.63, 3.8) is 0 Å². The predicted molar refractivity (Wildman–Crippen MR) is 139 cm³/mol. The van der Waals surface area contributed by atoms with Crippen molar-refractivity contribution in [3.05, 3.63) is 71.0 Å². The van der Waals surface area contributed by atoms with Gasteiger partial charge in [-0.05, 0) is 73.2 Å². The van der Waals surface area contributed by atoms with Crippen LogP contribution in [0.3, 0.4) is 0 Å². The number of nitrogens with zero attached hydrogens (tertiary/aromatic N) is 3. The van der Waals surface area contributed by atoms with Crippen LogP contribution in [0.2, 0.25) is 0 Å². The summed E-state index contributed by atoms with van der Waals surface area (Å²) in [6.07, 6.45) is 2.94. The van der Waals surface area contributed by atoms with Crippen LogP contribution < -0.4 is 5.32 Å². The van der Waals surface area contributed by atoms with Crippen LogP contribution in [0.1, 0.15) is 43.4 Å². The number of amides is 4. The summed E-state index contributed by atoms with van der Waals surface area (Å²) >= 11 is 0. The van der Waals surface area contributed by atoms with Gasteiger partial charge in [0.15, 0.2) is 0 Å². The molecule has 2 aliphatic heterocycles. The molecule has 8 nitrogen and oxygen atoms in total. The standard InChI is InChI=1S/C28H33FN4O4/c1-28(2,37)12-15-31(3)25(34)26(35)32-13-10-20(11-14-32)19-5-8-24(9-6-19)30-27(36)33-17-21-4-7-23(29)16-22(21)18-33/h4-10,16,37H,11-15,17-18H2,1-3H3,(H,30,36). The van der Waals surface area contributed by atoms with E-state index in [4.69, 9.17) is 0 Å². The van der Waals surface area contributed by atoms with E-state index >= 15 is 0 Å². The first-order chi connectivity index (χ1) is 17.5. The second-order valence-electron chi connectivity index (χ2n) is 10.3. The number of halogens is 1. The van der Waals surface area contributed by atoms with Crippen molar-refractivity contribution < 1.29 is 23.9 Å². The maximum atomic E-state index is 13.5. The molecule has 0 atom stereocenters. The summed E-state index contributed by atoms with van der Waals surface area (Å²) in [5.41, 5.74) is 3.59. The minimum absolute atomic E-state index is 0.243. The Labute approximate surface area is 216 Å². The highest BCUT2D eigenvalue weighted by Crippen LogP contribution is 2.26. The quantitative estimate of drug-likeness (QED) is 0.604. The van der Waals surface area contributed by atoms with Crippen LogP contribution in [0.5, 0.6) is 0 Å². The van der Waals surface area contributed by atoms with E-state index in [1.54, 1.807) is 31.9 Å². The minimum atomic E-state index is -0.903. The summed E-state index contributed by atoms with van der Waals surface area (Å²) in [6.45, 7) is 5.23. The third kappa shape index (κ3) is 6.54. The van der Waals surface area contributed by atoms with Crippen LogP contribution in [0.4, 0.5) is 14.9 Å². The van der Waals surface area contributed by atoms with E-state index in [1.807, 2.05) is 30.3 Å². The van der Waals surface area contributed by atoms with E-state index in [-0.39, 0.29) is 11.8 Å². The summed E-state index contributed by atoms with van der Waals surface area (Å²) < 4.78 is 13.5. The Morgan fingerprint density at radius 2 is 1.76 bits per heavy atom. The van der Waals surface area contributed by atoms with Crippen LogP contribution >= 0.6 is 0 Å². The molecule has 0 aliphatic carbocycles. The maximum Gasteiger partial charge on any atom is 0.322 e. The van der Waals surface area contributed by atoms with E-state index in [0.717, 1.165) is 22.3 Å². The normalized spacial score (nSPS) is 15.2. The van der Waals surface area contributed by atoms with Gasteiger partial charge >= 0.3 is 17.8 Å². The molecule has 2 aromatic rings. The highest BCUT2D eigenvalue weighted by Gasteiger charge is 2.28. The van der Waals surface area contributed by atoms with Crippen molar-refractivity contribution in [2.24, 2.45) is 0 Å². The largest absolute Gasteiger partial charge is 0.390 e. The molecule has 0 fully saturated rings. The van der Waals surface area contributed by atoms with Gasteiger partial charge in [-0.3, -0.25) is 9.59 Å². The molecule has 2 heterocycles. The third-order valence-corrected chi connectivity index (χ3v) is 6.77. The zero-order valence-electron chi connectivity index (χ0n) is 21.5. The Balaban J connectivity index is 1.29. The van der Waals surface area contributed by atoms with E-state index in [2.05, 4.69) is 5.32 Å². The van der Waals surface area contributed by atoms with Gasteiger partial charge in [0.25, 0.3) is 0 Å². The molecular weight excluding hydrogens is 475 g/mol. The number of aliphatic hydroxyl groups is 1. The summed E-state index contributed by atoms with van der Waals surface area (Å²) in [4.78, 5) is 42.3. The number of hydrogen-bond acceptors (Lipinski definition) is 4. The van der Waals surface area contributed by atoms with Crippen LogP contribution in [0, 0.1) is 5.82 Å². The number of rotatable bonds is 5. The average molecular weight is 509 g/mol. The molecule has 2 aromatic carbocycles. The lowest BCUT2D eigenvalue weighted by Gasteiger charge is -2.28. The summed E-state index contributed by atoms with van der Waals surface area (Å²) in [6, 6.07) is 11.8. The van der Waals surface area contributed by atoms with Crippen molar-refractivity contribution in [1.82, 2.24) is 14.7 Å². The van der Waals surface area contributed by atoms with Gasteiger partial charge in [-0.1, -0.05) is 24.3 Å². The van der Waals surface area contributed by atoms with Crippen LogP contribution in [0.15, 0.2) is 48.5 Å². The first-order valence-corrected chi connectivity index (χ1v) is 12.4. The molecule has 4 amide bonds. The second kappa shape index (κ2) is 10.7. The molecular formula is C28H33FN4O4. The zero-order chi connectivity index (χ0) is 26.7. The number of urea groups is 1. The van der Waals surface area contributed by atoms with Crippen LogP contribution in [0.25, 0.3) is 5.57 Å². The van der Waals surface area contributed by atoms with Gasteiger partial charge in [0.05, 0.1) is 5.60 Å². The first kappa shape index (κ1) is 26.3. The summed E-state index contributed by atoms with van der Waals surface area (Å²) in [7, 11) is 1.57. The van der Waals surface area contributed by atoms with Crippen molar-refractivity contribution in [2.75, 3.05) is 32.0 Å². The molecule has 0 saturated heterocycles. The molecule has 0 bridgehead atoms. The number of anilines is 1. The zero-order valence-corrected chi connectivity index (χ0v) is 21.5. The van der Waals surface area contributed by atoms with Gasteiger partial charge < -0.3 is 25.1 Å². The van der Waals surface area contributed by atoms with Crippen LogP contribution in [-0.4, -0.2) is 69.9 Å². The lowest BCUT2D eigenvalue weighted by atomic mass is 9.99. The SMILES string of the molecule is CN(CCC(C)(C)O)C(=O)C(=O)N1CC=C(c2ccc(NC(=O)N3Cc4ccc(F)cc4C3)cc2)CC1. The fourth-order valence-electron chi connectivity index (χ4n) is 4.43. The average Bonchev–Trinajstić information content (AvgIpc) is 3.30. The third-order valence-electron chi connectivity index (χ3n) is 6.77. The number of hydrogen-bond donors (Lipinski definition) is 2. The molecule has 196 valence electrons. The van der Waals surface area contributed by atoms with Crippen molar-refractivity contribution >= 4 is 29.1 Å². The van der Waals surface area contributed by atoms with E-state index in [9.17, 15) is 23.9 Å². The number of likely N-dealkylation sites (N-methyl/N-ethyl adjacent to an activating group) is 1. The van der Waals surface area contributed by atoms with Crippen molar-refractivity contribution in [1.29, 1.82) is 0 Å². The van der Waals surface area contributed by atoms with E-state index < -0.39 is 17.4 Å². The molecule has 2 N–H and O–H groups in total. The van der Waals surface area contributed by atoms with Crippen LogP contribution in [-0.2, 0) is 22.7 Å². The summed E-state index contributed by atoms with van der Waals surface area (Å²) in [5, 5.41) is 12.7. The molecule has 9 heteroatoms. The Kier molecular flexibility index (Phi) is 7.63. The number of benzene rings is 2. The van der Waals surface area contributed by atoms with Gasteiger partial charge in [-0.2, -0.15) is 0 Å². The fraction of sp³-hybridized carbons (Fsp3) is 0.393. The molecule has 0 spiro atoms. The predicted octanol–water partition coefficient (Wildman–Crippen LogP) is 3.61. The molecule has 4 rings (SSSR count). The highest BCUT2D eigenvalue weighted by atomic mass is 19.1. The van der Waals surface area contributed by atoms with E-state index in [1.165, 1.54) is 21.9 Å². The number of fused-ring (bicyclic) bond motifs is 1. The lowest BCUT2D eigenvalue weighted by molar-refractivity contribution is -0.151. The molecule has 2 aliphatic rings. The van der Waals surface area contributed by atoms with E-state index in [0.29, 0.717) is 51.3 Å². The molecule has 0 saturated carbocycles. The Bertz CT molecular complexity index is 1220. The molecule has 0 radical (unpaired) electrons. The van der Waals surface area contributed by atoms with Gasteiger partial charge in [-0.25, -0.2) is 9.18 Å². The van der Waals surface area contributed by atoms with Gasteiger partial charge in [0, 0.05) is 45.5 Å².